The molecule has 0 aromatic rings. The minimum Gasteiger partial charge on any atom is -0.481 e. The van der Waals surface area contributed by atoms with E-state index in [1.165, 1.54) is 4.90 Å². The van der Waals surface area contributed by atoms with Crippen LogP contribution in [0.25, 0.3) is 0 Å². The van der Waals surface area contributed by atoms with Crippen molar-refractivity contribution in [1.82, 2.24) is 10.2 Å². The SMILES string of the molecule is CN(CC(C)(C)O)C(=O)NC1C2CCC(C2)C1C(=O)O. The van der Waals surface area contributed by atoms with E-state index < -0.39 is 17.5 Å². The number of fused-ring (bicyclic) bond motifs is 2. The first kappa shape index (κ1) is 15.1. The Kier molecular flexibility index (Phi) is 3.95. The van der Waals surface area contributed by atoms with Gasteiger partial charge in [-0.1, -0.05) is 0 Å². The average molecular weight is 284 g/mol. The van der Waals surface area contributed by atoms with Crippen LogP contribution in [0.2, 0.25) is 0 Å². The Balaban J connectivity index is 1.98. The Morgan fingerprint density at radius 1 is 1.30 bits per heavy atom. The molecule has 6 heteroatoms. The van der Waals surface area contributed by atoms with E-state index in [2.05, 4.69) is 5.32 Å². The number of amides is 2. The lowest BCUT2D eigenvalue weighted by molar-refractivity contribution is -0.144. The molecule has 0 aliphatic heterocycles. The highest BCUT2D eigenvalue weighted by Gasteiger charge is 2.51. The van der Waals surface area contributed by atoms with Gasteiger partial charge in [0.2, 0.25) is 0 Å². The van der Waals surface area contributed by atoms with Gasteiger partial charge in [-0.3, -0.25) is 4.79 Å². The van der Waals surface area contributed by atoms with E-state index >= 15 is 0 Å². The zero-order chi connectivity index (χ0) is 15.1. The molecular formula is C14H24N2O4. The Labute approximate surface area is 119 Å². The molecule has 2 aliphatic carbocycles. The van der Waals surface area contributed by atoms with Crippen molar-refractivity contribution in [3.05, 3.63) is 0 Å². The van der Waals surface area contributed by atoms with Crippen LogP contribution in [0.15, 0.2) is 0 Å². The largest absolute Gasteiger partial charge is 0.481 e. The summed E-state index contributed by atoms with van der Waals surface area (Å²) in [4.78, 5) is 24.9. The molecular weight excluding hydrogens is 260 g/mol. The van der Waals surface area contributed by atoms with Crippen molar-refractivity contribution in [2.75, 3.05) is 13.6 Å². The molecule has 2 rings (SSSR count). The molecule has 0 aromatic heterocycles. The number of urea groups is 1. The van der Waals surface area contributed by atoms with Gasteiger partial charge in [0.1, 0.15) is 0 Å². The van der Waals surface area contributed by atoms with Crippen molar-refractivity contribution in [3.8, 4) is 0 Å². The van der Waals surface area contributed by atoms with Gasteiger partial charge in [-0.15, -0.1) is 0 Å². The fraction of sp³-hybridized carbons (Fsp3) is 0.857. The van der Waals surface area contributed by atoms with E-state index in [9.17, 15) is 19.8 Å². The summed E-state index contributed by atoms with van der Waals surface area (Å²) in [5.41, 5.74) is -0.965. The van der Waals surface area contributed by atoms with Gasteiger partial charge >= 0.3 is 12.0 Å². The molecule has 114 valence electrons. The van der Waals surface area contributed by atoms with Gasteiger partial charge in [0.15, 0.2) is 0 Å². The minimum absolute atomic E-state index is 0.197. The second-order valence-electron chi connectivity index (χ2n) is 6.84. The number of carboxylic acids is 1. The average Bonchev–Trinajstić information content (AvgIpc) is 2.86. The molecule has 4 atom stereocenters. The minimum atomic E-state index is -0.965. The topological polar surface area (TPSA) is 89.9 Å². The summed E-state index contributed by atoms with van der Waals surface area (Å²) in [7, 11) is 1.61. The van der Waals surface area contributed by atoms with Crippen LogP contribution in [0.1, 0.15) is 33.1 Å². The molecule has 2 fully saturated rings. The quantitative estimate of drug-likeness (QED) is 0.715. The molecule has 0 saturated heterocycles. The summed E-state index contributed by atoms with van der Waals surface area (Å²) in [6.45, 7) is 3.47. The Morgan fingerprint density at radius 2 is 1.90 bits per heavy atom. The number of aliphatic hydroxyl groups is 1. The van der Waals surface area contributed by atoms with Gasteiger partial charge in [-0.2, -0.15) is 0 Å². The zero-order valence-corrected chi connectivity index (χ0v) is 12.3. The van der Waals surface area contributed by atoms with Crippen molar-refractivity contribution in [2.24, 2.45) is 17.8 Å². The van der Waals surface area contributed by atoms with Crippen LogP contribution in [0.3, 0.4) is 0 Å². The number of aliphatic carboxylic acids is 1. The predicted octanol–water partition coefficient (Wildman–Crippen LogP) is 0.898. The molecule has 0 spiro atoms. The molecule has 0 radical (unpaired) electrons. The van der Waals surface area contributed by atoms with Crippen LogP contribution in [0, 0.1) is 17.8 Å². The number of hydrogen-bond donors (Lipinski definition) is 3. The number of hydrogen-bond acceptors (Lipinski definition) is 3. The monoisotopic (exact) mass is 284 g/mol. The lowest BCUT2D eigenvalue weighted by Crippen LogP contribution is -2.52. The van der Waals surface area contributed by atoms with Crippen LogP contribution in [0.5, 0.6) is 0 Å². The Hall–Kier alpha value is -1.30. The van der Waals surface area contributed by atoms with Gasteiger partial charge in [-0.25, -0.2) is 4.79 Å². The molecule has 0 heterocycles. The second kappa shape index (κ2) is 5.24. The normalized spacial score (nSPS) is 32.2. The third-order valence-corrected chi connectivity index (χ3v) is 4.46. The number of rotatable bonds is 4. The van der Waals surface area contributed by atoms with E-state index in [0.29, 0.717) is 0 Å². The van der Waals surface area contributed by atoms with Crippen LogP contribution in [-0.4, -0.2) is 52.3 Å². The summed E-state index contributed by atoms with van der Waals surface area (Å²) >= 11 is 0. The van der Waals surface area contributed by atoms with Crippen molar-refractivity contribution < 1.29 is 19.8 Å². The Bertz CT molecular complexity index is 404. The number of carbonyl (C=O) groups is 2. The molecule has 0 aromatic carbocycles. The van der Waals surface area contributed by atoms with E-state index in [1.807, 2.05) is 0 Å². The summed E-state index contributed by atoms with van der Waals surface area (Å²) < 4.78 is 0. The molecule has 2 amide bonds. The van der Waals surface area contributed by atoms with Gasteiger partial charge in [0.05, 0.1) is 18.1 Å². The highest BCUT2D eigenvalue weighted by atomic mass is 16.4. The smallest absolute Gasteiger partial charge is 0.317 e. The highest BCUT2D eigenvalue weighted by Crippen LogP contribution is 2.48. The first-order valence-corrected chi connectivity index (χ1v) is 7.16. The fourth-order valence-corrected chi connectivity index (χ4v) is 3.76. The van der Waals surface area contributed by atoms with E-state index in [4.69, 9.17) is 0 Å². The number of likely N-dealkylation sites (N-methyl/N-ethyl adjacent to an activating group) is 1. The lowest BCUT2D eigenvalue weighted by atomic mass is 9.84. The van der Waals surface area contributed by atoms with Crippen molar-refractivity contribution in [1.29, 1.82) is 0 Å². The van der Waals surface area contributed by atoms with E-state index in [-0.39, 0.29) is 30.5 Å². The van der Waals surface area contributed by atoms with E-state index in [1.54, 1.807) is 20.9 Å². The third kappa shape index (κ3) is 3.06. The highest BCUT2D eigenvalue weighted by molar-refractivity contribution is 5.77. The van der Waals surface area contributed by atoms with Crippen molar-refractivity contribution in [2.45, 2.75) is 44.8 Å². The zero-order valence-electron chi connectivity index (χ0n) is 12.3. The standard InChI is InChI=1S/C14H24N2O4/c1-14(2,20)7-16(3)13(19)15-11-9-5-4-8(6-9)10(11)12(17)18/h8-11,20H,4-7H2,1-3H3,(H,15,19)(H,17,18). The Morgan fingerprint density at radius 3 is 2.45 bits per heavy atom. The summed E-state index contributed by atoms with van der Waals surface area (Å²) in [5, 5.41) is 21.9. The van der Waals surface area contributed by atoms with Crippen molar-refractivity contribution in [3.63, 3.8) is 0 Å². The molecule has 2 saturated carbocycles. The molecule has 3 N–H and O–H groups in total. The number of nitrogens with one attached hydrogen (secondary N) is 1. The first-order chi connectivity index (χ1) is 9.19. The maximum atomic E-state index is 12.1. The lowest BCUT2D eigenvalue weighted by Gasteiger charge is -2.32. The predicted molar refractivity (Wildman–Crippen MR) is 73.2 cm³/mol. The first-order valence-electron chi connectivity index (χ1n) is 7.16. The van der Waals surface area contributed by atoms with Crippen LogP contribution >= 0.6 is 0 Å². The van der Waals surface area contributed by atoms with E-state index in [0.717, 1.165) is 19.3 Å². The van der Waals surface area contributed by atoms with Gasteiger partial charge in [0.25, 0.3) is 0 Å². The van der Waals surface area contributed by atoms with Crippen LogP contribution < -0.4 is 5.32 Å². The van der Waals surface area contributed by atoms with Crippen LogP contribution in [-0.2, 0) is 4.79 Å². The second-order valence-corrected chi connectivity index (χ2v) is 6.84. The third-order valence-electron chi connectivity index (χ3n) is 4.46. The molecule has 20 heavy (non-hydrogen) atoms. The molecule has 6 nitrogen and oxygen atoms in total. The van der Waals surface area contributed by atoms with Gasteiger partial charge in [-0.05, 0) is 44.9 Å². The van der Waals surface area contributed by atoms with Gasteiger partial charge < -0.3 is 20.4 Å². The number of nitrogens with zero attached hydrogens (tertiary/aromatic N) is 1. The molecule has 2 aliphatic rings. The molecule has 4 unspecified atom stereocenters. The van der Waals surface area contributed by atoms with Crippen LogP contribution in [0.4, 0.5) is 4.79 Å². The maximum Gasteiger partial charge on any atom is 0.317 e. The number of carbonyl (C=O) groups excluding carboxylic acids is 1. The van der Waals surface area contributed by atoms with Gasteiger partial charge in [0, 0.05) is 13.1 Å². The maximum absolute atomic E-state index is 12.1. The summed E-state index contributed by atoms with van der Waals surface area (Å²) in [6, 6.07) is -0.584. The van der Waals surface area contributed by atoms with Crippen molar-refractivity contribution >= 4 is 12.0 Å². The number of carboxylic acid groups (broad SMARTS) is 1. The molecule has 2 bridgehead atoms. The summed E-state index contributed by atoms with van der Waals surface area (Å²) in [5.74, 6) is -0.802. The fourth-order valence-electron chi connectivity index (χ4n) is 3.76. The summed E-state index contributed by atoms with van der Waals surface area (Å²) in [6.07, 6.45) is 2.85.